The third-order valence-electron chi connectivity index (χ3n) is 4.49. The molecule has 0 aliphatic heterocycles. The molecule has 19 heavy (non-hydrogen) atoms. The predicted molar refractivity (Wildman–Crippen MR) is 77.8 cm³/mol. The Balaban J connectivity index is 2.36. The van der Waals surface area contributed by atoms with E-state index < -0.39 is 0 Å². The van der Waals surface area contributed by atoms with Gasteiger partial charge in [0.15, 0.2) is 0 Å². The molecule has 1 aromatic carbocycles. The number of benzene rings is 1. The van der Waals surface area contributed by atoms with E-state index >= 15 is 0 Å². The van der Waals surface area contributed by atoms with Gasteiger partial charge < -0.3 is 10.6 Å². The Kier molecular flexibility index (Phi) is 4.49. The first-order valence-electron chi connectivity index (χ1n) is 6.85. The molecule has 1 unspecified atom stereocenters. The van der Waals surface area contributed by atoms with Crippen LogP contribution in [0.25, 0.3) is 0 Å². The van der Waals surface area contributed by atoms with Crippen LogP contribution in [0.15, 0.2) is 18.2 Å². The summed E-state index contributed by atoms with van der Waals surface area (Å²) < 4.78 is 14.1. The summed E-state index contributed by atoms with van der Waals surface area (Å²) in [5.74, 6) is -0.299. The van der Waals surface area contributed by atoms with Gasteiger partial charge in [0.1, 0.15) is 5.82 Å². The molecule has 0 radical (unpaired) electrons. The number of halogens is 2. The Morgan fingerprint density at radius 2 is 1.89 bits per heavy atom. The van der Waals surface area contributed by atoms with E-state index in [0.717, 1.165) is 25.7 Å². The molecule has 1 aliphatic carbocycles. The normalized spacial score (nSPS) is 20.5. The van der Waals surface area contributed by atoms with Gasteiger partial charge in [0, 0.05) is 16.1 Å². The van der Waals surface area contributed by atoms with E-state index in [2.05, 4.69) is 4.90 Å². The third kappa shape index (κ3) is 2.78. The van der Waals surface area contributed by atoms with Crippen LogP contribution in [0.1, 0.15) is 43.7 Å². The number of likely N-dealkylation sites (N-methyl/N-ethyl adjacent to an activating group) is 1. The summed E-state index contributed by atoms with van der Waals surface area (Å²) in [6.45, 7) is 0. The van der Waals surface area contributed by atoms with Crippen molar-refractivity contribution in [3.05, 3.63) is 34.6 Å². The fraction of sp³-hybridized carbons (Fsp3) is 0.600. The molecule has 2 N–H and O–H groups in total. The predicted octanol–water partition coefficient (Wildman–Crippen LogP) is 3.74. The molecule has 2 nitrogen and oxygen atoms in total. The van der Waals surface area contributed by atoms with Gasteiger partial charge in [0.2, 0.25) is 0 Å². The largest absolute Gasteiger partial charge is 0.322 e. The smallest absolute Gasteiger partial charge is 0.129 e. The van der Waals surface area contributed by atoms with E-state index in [1.807, 2.05) is 14.1 Å². The summed E-state index contributed by atoms with van der Waals surface area (Å²) in [6.07, 6.45) is 5.58. The lowest BCUT2D eigenvalue weighted by molar-refractivity contribution is 0.0701. The van der Waals surface area contributed by atoms with E-state index in [1.54, 1.807) is 12.1 Å². The Morgan fingerprint density at radius 1 is 1.26 bits per heavy atom. The summed E-state index contributed by atoms with van der Waals surface area (Å²) >= 11 is 5.81. The molecule has 1 aromatic rings. The molecule has 0 aromatic heterocycles. The van der Waals surface area contributed by atoms with Crippen molar-refractivity contribution >= 4 is 11.6 Å². The number of nitrogens with zero attached hydrogens (tertiary/aromatic N) is 1. The molecule has 0 amide bonds. The van der Waals surface area contributed by atoms with E-state index in [0.29, 0.717) is 10.6 Å². The van der Waals surface area contributed by atoms with Gasteiger partial charge in [-0.25, -0.2) is 4.39 Å². The van der Waals surface area contributed by atoms with Crippen LogP contribution in [0, 0.1) is 5.82 Å². The first kappa shape index (κ1) is 14.8. The number of rotatable bonds is 3. The highest BCUT2D eigenvalue weighted by atomic mass is 35.5. The lowest BCUT2D eigenvalue weighted by Crippen LogP contribution is -2.53. The van der Waals surface area contributed by atoms with Gasteiger partial charge in [-0.2, -0.15) is 0 Å². The minimum atomic E-state index is -0.319. The molecule has 1 atom stereocenters. The van der Waals surface area contributed by atoms with Gasteiger partial charge in [0.05, 0.1) is 6.04 Å². The van der Waals surface area contributed by atoms with Crippen molar-refractivity contribution in [2.24, 2.45) is 5.73 Å². The Morgan fingerprint density at radius 3 is 2.42 bits per heavy atom. The number of hydrogen-bond donors (Lipinski definition) is 1. The first-order chi connectivity index (χ1) is 8.97. The quantitative estimate of drug-likeness (QED) is 0.916. The van der Waals surface area contributed by atoms with Gasteiger partial charge in [0.25, 0.3) is 0 Å². The number of nitrogens with two attached hydrogens (primary N) is 1. The second-order valence-corrected chi connectivity index (χ2v) is 6.14. The van der Waals surface area contributed by atoms with Crippen LogP contribution in [0.2, 0.25) is 5.02 Å². The molecule has 0 saturated heterocycles. The molecule has 0 heterocycles. The SMILES string of the molecule is CN(C)C1(C(N)c2ccc(Cl)cc2F)CCCCC1. The minimum Gasteiger partial charge on any atom is -0.322 e. The summed E-state index contributed by atoms with van der Waals surface area (Å²) in [6, 6.07) is 4.47. The fourth-order valence-electron chi connectivity index (χ4n) is 3.24. The maximum atomic E-state index is 14.1. The van der Waals surface area contributed by atoms with Gasteiger partial charge in [-0.3, -0.25) is 0 Å². The third-order valence-corrected chi connectivity index (χ3v) is 4.72. The second-order valence-electron chi connectivity index (χ2n) is 5.70. The fourth-order valence-corrected chi connectivity index (χ4v) is 3.40. The molecule has 1 fully saturated rings. The Labute approximate surface area is 119 Å². The molecular weight excluding hydrogens is 263 g/mol. The minimum absolute atomic E-state index is 0.146. The molecule has 4 heteroatoms. The van der Waals surface area contributed by atoms with Crippen LogP contribution >= 0.6 is 11.6 Å². The Bertz CT molecular complexity index is 442. The second kappa shape index (κ2) is 5.78. The van der Waals surface area contributed by atoms with Gasteiger partial charge >= 0.3 is 0 Å². The lowest BCUT2D eigenvalue weighted by atomic mass is 9.73. The maximum absolute atomic E-state index is 14.1. The average Bonchev–Trinajstić information content (AvgIpc) is 2.38. The zero-order chi connectivity index (χ0) is 14.0. The van der Waals surface area contributed by atoms with E-state index in [-0.39, 0.29) is 17.4 Å². The van der Waals surface area contributed by atoms with Crippen LogP contribution < -0.4 is 5.73 Å². The molecule has 0 spiro atoms. The van der Waals surface area contributed by atoms with E-state index in [4.69, 9.17) is 17.3 Å². The topological polar surface area (TPSA) is 29.3 Å². The summed E-state index contributed by atoms with van der Waals surface area (Å²) in [4.78, 5) is 2.17. The highest BCUT2D eigenvalue weighted by Gasteiger charge is 2.41. The zero-order valence-corrected chi connectivity index (χ0v) is 12.4. The van der Waals surface area contributed by atoms with Crippen LogP contribution in [0.5, 0.6) is 0 Å². The van der Waals surface area contributed by atoms with Crippen LogP contribution in [-0.4, -0.2) is 24.5 Å². The number of hydrogen-bond acceptors (Lipinski definition) is 2. The molecule has 2 rings (SSSR count). The van der Waals surface area contributed by atoms with Crippen molar-refractivity contribution in [2.45, 2.75) is 43.7 Å². The van der Waals surface area contributed by atoms with Crippen molar-refractivity contribution in [1.29, 1.82) is 0 Å². The zero-order valence-electron chi connectivity index (χ0n) is 11.6. The summed E-state index contributed by atoms with van der Waals surface area (Å²) in [5, 5.41) is 0.413. The van der Waals surface area contributed by atoms with Crippen molar-refractivity contribution in [3.8, 4) is 0 Å². The van der Waals surface area contributed by atoms with Crippen LogP contribution in [0.3, 0.4) is 0 Å². The lowest BCUT2D eigenvalue weighted by Gasteiger charge is -2.47. The standard InChI is InChI=1S/C15H22ClFN2/c1-19(2)15(8-4-3-5-9-15)14(18)12-7-6-11(16)10-13(12)17/h6-7,10,14H,3-5,8-9,18H2,1-2H3. The van der Waals surface area contributed by atoms with Gasteiger partial charge in [-0.1, -0.05) is 36.9 Å². The van der Waals surface area contributed by atoms with Crippen LogP contribution in [-0.2, 0) is 0 Å². The Hall–Kier alpha value is -0.640. The molecule has 1 aliphatic rings. The van der Waals surface area contributed by atoms with Gasteiger partial charge in [-0.05, 0) is 39.1 Å². The van der Waals surface area contributed by atoms with Crippen molar-refractivity contribution in [3.63, 3.8) is 0 Å². The maximum Gasteiger partial charge on any atom is 0.129 e. The first-order valence-corrected chi connectivity index (χ1v) is 7.23. The van der Waals surface area contributed by atoms with Crippen LogP contribution in [0.4, 0.5) is 4.39 Å². The van der Waals surface area contributed by atoms with E-state index in [1.165, 1.54) is 12.5 Å². The van der Waals surface area contributed by atoms with Crippen molar-refractivity contribution in [1.82, 2.24) is 4.90 Å². The average molecular weight is 285 g/mol. The molecule has 0 bridgehead atoms. The van der Waals surface area contributed by atoms with Gasteiger partial charge in [-0.15, -0.1) is 0 Å². The summed E-state index contributed by atoms with van der Waals surface area (Å²) in [7, 11) is 4.08. The van der Waals surface area contributed by atoms with Crippen molar-refractivity contribution < 1.29 is 4.39 Å². The molecule has 106 valence electrons. The molecule has 1 saturated carbocycles. The summed E-state index contributed by atoms with van der Waals surface area (Å²) in [5.41, 5.74) is 6.86. The van der Waals surface area contributed by atoms with Crippen molar-refractivity contribution in [2.75, 3.05) is 14.1 Å². The molecular formula is C15H22ClFN2. The highest BCUT2D eigenvalue weighted by Crippen LogP contribution is 2.41. The monoisotopic (exact) mass is 284 g/mol. The van der Waals surface area contributed by atoms with E-state index in [9.17, 15) is 4.39 Å². The highest BCUT2D eigenvalue weighted by molar-refractivity contribution is 6.30.